The maximum absolute atomic E-state index is 11.1. The Morgan fingerprint density at radius 3 is 2.69 bits per heavy atom. The average Bonchev–Trinajstić information content (AvgIpc) is 2.63. The summed E-state index contributed by atoms with van der Waals surface area (Å²) in [6, 6.07) is 4.97. The Morgan fingerprint density at radius 1 is 1.50 bits per heavy atom. The standard InChI is InChI=1S/C10H10N2O3.Na/c13-8-5-10(6-12-8,9(14)15)7-3-1-2-4-11-7;/h1-4H,5-6H2,(H,12,13)(H,14,15);/q;+1/p-1. The summed E-state index contributed by atoms with van der Waals surface area (Å²) in [5.41, 5.74) is -0.943. The first-order valence-corrected chi connectivity index (χ1v) is 4.55. The monoisotopic (exact) mass is 228 g/mol. The number of aliphatic carboxylic acids is 1. The number of pyridine rings is 1. The molecule has 1 atom stereocenters. The molecule has 16 heavy (non-hydrogen) atoms. The van der Waals surface area contributed by atoms with Gasteiger partial charge < -0.3 is 15.2 Å². The number of rotatable bonds is 2. The van der Waals surface area contributed by atoms with Crippen molar-refractivity contribution in [2.45, 2.75) is 11.8 Å². The molecule has 1 unspecified atom stereocenters. The zero-order chi connectivity index (χ0) is 10.9. The number of carboxylic acids is 1. The van der Waals surface area contributed by atoms with Gasteiger partial charge in [0.1, 0.15) is 0 Å². The minimum Gasteiger partial charge on any atom is -0.549 e. The molecule has 0 radical (unpaired) electrons. The Morgan fingerprint density at radius 2 is 2.25 bits per heavy atom. The Hall–Kier alpha value is -0.910. The van der Waals surface area contributed by atoms with Gasteiger partial charge in [-0.2, -0.15) is 0 Å². The summed E-state index contributed by atoms with van der Waals surface area (Å²) in [6.45, 7) is 0.0468. The van der Waals surface area contributed by atoms with Gasteiger partial charge in [0.05, 0.1) is 17.1 Å². The number of nitrogens with one attached hydrogen (secondary N) is 1. The van der Waals surface area contributed by atoms with Gasteiger partial charge in [-0.1, -0.05) is 6.07 Å². The molecule has 1 aliphatic rings. The third kappa shape index (κ3) is 2.11. The molecule has 0 aliphatic carbocycles. The molecule has 1 aliphatic heterocycles. The van der Waals surface area contributed by atoms with Crippen LogP contribution in [0, 0.1) is 0 Å². The number of aromatic nitrogens is 1. The van der Waals surface area contributed by atoms with Crippen LogP contribution in [0.4, 0.5) is 0 Å². The minimum absolute atomic E-state index is 0. The van der Waals surface area contributed by atoms with Gasteiger partial charge in [0.15, 0.2) is 0 Å². The fraction of sp³-hybridized carbons (Fsp3) is 0.300. The third-order valence-corrected chi connectivity index (χ3v) is 2.60. The second-order valence-electron chi connectivity index (χ2n) is 3.54. The van der Waals surface area contributed by atoms with Crippen molar-refractivity contribution in [3.05, 3.63) is 30.1 Å². The molecule has 2 heterocycles. The van der Waals surface area contributed by atoms with Crippen molar-refractivity contribution >= 4 is 11.9 Å². The van der Waals surface area contributed by atoms with Crippen LogP contribution >= 0.6 is 0 Å². The maximum Gasteiger partial charge on any atom is 1.00 e. The van der Waals surface area contributed by atoms with Crippen LogP contribution in [0.3, 0.4) is 0 Å². The summed E-state index contributed by atoms with van der Waals surface area (Å²) in [5.74, 6) is -1.55. The number of nitrogens with zero attached hydrogens (tertiary/aromatic N) is 1. The Kier molecular flexibility index (Phi) is 4.07. The van der Waals surface area contributed by atoms with Crippen molar-refractivity contribution in [1.82, 2.24) is 10.3 Å². The van der Waals surface area contributed by atoms with Crippen LogP contribution in [0.25, 0.3) is 0 Å². The SMILES string of the molecule is O=C1CC(C(=O)[O-])(c2ccccn2)CN1.[Na+]. The van der Waals surface area contributed by atoms with Crippen LogP contribution in [0.2, 0.25) is 0 Å². The van der Waals surface area contributed by atoms with Crippen molar-refractivity contribution < 1.29 is 44.3 Å². The number of carbonyl (C=O) groups excluding carboxylic acids is 2. The molecule has 0 bridgehead atoms. The van der Waals surface area contributed by atoms with E-state index in [0.717, 1.165) is 0 Å². The molecular weight excluding hydrogens is 219 g/mol. The molecule has 1 N–H and O–H groups in total. The van der Waals surface area contributed by atoms with E-state index in [2.05, 4.69) is 10.3 Å². The number of carboxylic acid groups (broad SMARTS) is 1. The van der Waals surface area contributed by atoms with Gasteiger partial charge in [-0.05, 0) is 12.1 Å². The van der Waals surface area contributed by atoms with E-state index in [-0.39, 0.29) is 48.4 Å². The molecular formula is C10H9N2NaO3. The van der Waals surface area contributed by atoms with Crippen molar-refractivity contribution in [2.75, 3.05) is 6.54 Å². The van der Waals surface area contributed by atoms with Crippen LogP contribution < -0.4 is 40.0 Å². The van der Waals surface area contributed by atoms with E-state index in [0.29, 0.717) is 5.69 Å². The van der Waals surface area contributed by atoms with Gasteiger partial charge in [0.25, 0.3) is 0 Å². The maximum atomic E-state index is 11.1. The van der Waals surface area contributed by atoms with Gasteiger partial charge in [-0.15, -0.1) is 0 Å². The van der Waals surface area contributed by atoms with Gasteiger partial charge in [-0.3, -0.25) is 9.78 Å². The molecule has 78 valence electrons. The molecule has 1 aromatic heterocycles. The van der Waals surface area contributed by atoms with Crippen LogP contribution in [0.5, 0.6) is 0 Å². The van der Waals surface area contributed by atoms with E-state index >= 15 is 0 Å². The topological polar surface area (TPSA) is 82.1 Å². The molecule has 2 rings (SSSR count). The van der Waals surface area contributed by atoms with Gasteiger partial charge >= 0.3 is 29.6 Å². The molecule has 0 spiro atoms. The fourth-order valence-corrected chi connectivity index (χ4v) is 1.72. The molecule has 5 nitrogen and oxygen atoms in total. The molecule has 1 aromatic rings. The molecule has 1 saturated heterocycles. The van der Waals surface area contributed by atoms with E-state index in [1.54, 1.807) is 18.2 Å². The van der Waals surface area contributed by atoms with Gasteiger partial charge in [-0.25, -0.2) is 0 Å². The Balaban J connectivity index is 0.00000128. The second kappa shape index (κ2) is 4.95. The quantitative estimate of drug-likeness (QED) is 0.518. The van der Waals surface area contributed by atoms with E-state index < -0.39 is 11.4 Å². The van der Waals surface area contributed by atoms with Crippen molar-refractivity contribution in [3.63, 3.8) is 0 Å². The first-order valence-electron chi connectivity index (χ1n) is 4.55. The zero-order valence-electron chi connectivity index (χ0n) is 8.90. The van der Waals surface area contributed by atoms with Gasteiger partial charge in [0.2, 0.25) is 5.91 Å². The number of carbonyl (C=O) groups is 2. The molecule has 0 aromatic carbocycles. The van der Waals surface area contributed by atoms with Crippen LogP contribution in [0.1, 0.15) is 12.1 Å². The summed E-state index contributed by atoms with van der Waals surface area (Å²) < 4.78 is 0. The molecule has 1 fully saturated rings. The minimum atomic E-state index is -1.31. The number of hydrogen-bond acceptors (Lipinski definition) is 4. The predicted molar refractivity (Wildman–Crippen MR) is 48.5 cm³/mol. The summed E-state index contributed by atoms with van der Waals surface area (Å²) in [7, 11) is 0. The summed E-state index contributed by atoms with van der Waals surface area (Å²) in [6.07, 6.45) is 1.40. The van der Waals surface area contributed by atoms with E-state index in [4.69, 9.17) is 0 Å². The van der Waals surface area contributed by atoms with E-state index in [9.17, 15) is 14.7 Å². The largest absolute Gasteiger partial charge is 1.00 e. The van der Waals surface area contributed by atoms with E-state index in [1.165, 1.54) is 6.20 Å². The Bertz CT molecular complexity index is 410. The first-order chi connectivity index (χ1) is 7.15. The fourth-order valence-electron chi connectivity index (χ4n) is 1.72. The average molecular weight is 228 g/mol. The molecule has 1 amide bonds. The number of hydrogen-bond donors (Lipinski definition) is 1. The second-order valence-corrected chi connectivity index (χ2v) is 3.54. The predicted octanol–water partition coefficient (Wildman–Crippen LogP) is -4.41. The Labute approximate surface area is 115 Å². The van der Waals surface area contributed by atoms with Crippen molar-refractivity contribution in [1.29, 1.82) is 0 Å². The summed E-state index contributed by atoms with van der Waals surface area (Å²) in [5, 5.41) is 13.6. The summed E-state index contributed by atoms with van der Waals surface area (Å²) >= 11 is 0. The van der Waals surface area contributed by atoms with Gasteiger partial charge in [0, 0.05) is 19.2 Å². The third-order valence-electron chi connectivity index (χ3n) is 2.60. The first kappa shape index (κ1) is 13.2. The normalized spacial score (nSPS) is 23.4. The van der Waals surface area contributed by atoms with Crippen molar-refractivity contribution in [2.24, 2.45) is 0 Å². The summed E-state index contributed by atoms with van der Waals surface area (Å²) in [4.78, 5) is 26.2. The van der Waals surface area contributed by atoms with Crippen LogP contribution in [-0.2, 0) is 15.0 Å². The number of amides is 1. The van der Waals surface area contributed by atoms with Crippen LogP contribution in [0.15, 0.2) is 24.4 Å². The smallest absolute Gasteiger partial charge is 0.549 e. The van der Waals surface area contributed by atoms with Crippen LogP contribution in [-0.4, -0.2) is 23.4 Å². The molecule has 0 saturated carbocycles. The van der Waals surface area contributed by atoms with E-state index in [1.807, 2.05) is 0 Å². The zero-order valence-corrected chi connectivity index (χ0v) is 10.9. The molecule has 6 heteroatoms. The van der Waals surface area contributed by atoms with Crippen molar-refractivity contribution in [3.8, 4) is 0 Å².